The molecule has 2 aliphatic rings. The number of pyridine rings is 1. The van der Waals surface area contributed by atoms with Crippen molar-refractivity contribution in [3.63, 3.8) is 0 Å². The summed E-state index contributed by atoms with van der Waals surface area (Å²) in [6.45, 7) is 2.10. The number of aryl methyl sites for hydroxylation is 1. The number of fused-ring (bicyclic) bond motifs is 1. The molecule has 1 aromatic carbocycles. The van der Waals surface area contributed by atoms with Crippen LogP contribution in [0.5, 0.6) is 0 Å². The van der Waals surface area contributed by atoms with Crippen molar-refractivity contribution in [1.29, 1.82) is 0 Å². The summed E-state index contributed by atoms with van der Waals surface area (Å²) in [6, 6.07) is 12.9. The van der Waals surface area contributed by atoms with E-state index in [-0.39, 0.29) is 11.8 Å². The second-order valence-electron chi connectivity index (χ2n) is 7.86. The van der Waals surface area contributed by atoms with Crippen molar-refractivity contribution < 1.29 is 4.79 Å². The van der Waals surface area contributed by atoms with E-state index in [0.29, 0.717) is 11.9 Å². The molecule has 0 radical (unpaired) electrons. The first kappa shape index (κ1) is 18.0. The summed E-state index contributed by atoms with van der Waals surface area (Å²) >= 11 is 0. The van der Waals surface area contributed by atoms with E-state index < -0.39 is 0 Å². The molecule has 1 N–H and O–H groups in total. The molecule has 5 nitrogen and oxygen atoms in total. The fourth-order valence-corrected chi connectivity index (χ4v) is 4.33. The van der Waals surface area contributed by atoms with Gasteiger partial charge in [-0.1, -0.05) is 24.3 Å². The lowest BCUT2D eigenvalue weighted by atomic mass is 10.0. The lowest BCUT2D eigenvalue weighted by Gasteiger charge is -2.36. The molecule has 1 fully saturated rings. The minimum Gasteiger partial charge on any atom is -0.370 e. The summed E-state index contributed by atoms with van der Waals surface area (Å²) in [7, 11) is 4.31. The van der Waals surface area contributed by atoms with Crippen LogP contribution in [-0.2, 0) is 11.2 Å². The average Bonchev–Trinajstić information content (AvgIpc) is 3.13. The summed E-state index contributed by atoms with van der Waals surface area (Å²) in [4.78, 5) is 21.9. The van der Waals surface area contributed by atoms with Crippen molar-refractivity contribution in [2.45, 2.75) is 37.6 Å². The molecule has 0 saturated carbocycles. The van der Waals surface area contributed by atoms with Crippen molar-refractivity contribution in [1.82, 2.24) is 9.88 Å². The van der Waals surface area contributed by atoms with E-state index in [1.807, 2.05) is 24.4 Å². The zero-order valence-electron chi connectivity index (χ0n) is 16.2. The van der Waals surface area contributed by atoms with Gasteiger partial charge in [-0.3, -0.25) is 4.79 Å². The average molecular weight is 364 g/mol. The molecular formula is C22H28N4O. The van der Waals surface area contributed by atoms with Crippen LogP contribution in [0.3, 0.4) is 0 Å². The highest BCUT2D eigenvalue weighted by Crippen LogP contribution is 2.33. The Bertz CT molecular complexity index is 794. The smallest absolute Gasteiger partial charge is 0.233 e. The van der Waals surface area contributed by atoms with E-state index in [1.54, 1.807) is 0 Å². The first-order valence-electron chi connectivity index (χ1n) is 9.88. The predicted molar refractivity (Wildman–Crippen MR) is 109 cm³/mol. The standard InChI is InChI=1S/C22H28N4O/c1-25(2)17-11-13-26(14-12-17)18-8-10-21(23-15-18)24-22(27)20-9-7-16-5-3-4-6-19(16)20/h3-6,8,10,15,17,20H,7,9,11-14H2,1-2H3,(H,23,24,27). The van der Waals surface area contributed by atoms with Gasteiger partial charge in [0.05, 0.1) is 17.8 Å². The molecule has 1 aromatic heterocycles. The molecule has 1 saturated heterocycles. The maximum atomic E-state index is 12.7. The van der Waals surface area contributed by atoms with E-state index in [9.17, 15) is 4.79 Å². The van der Waals surface area contributed by atoms with Crippen LogP contribution in [0.2, 0.25) is 0 Å². The van der Waals surface area contributed by atoms with Gasteiger partial charge in [-0.15, -0.1) is 0 Å². The first-order valence-corrected chi connectivity index (χ1v) is 9.88. The molecule has 142 valence electrons. The van der Waals surface area contributed by atoms with Crippen LogP contribution in [0.1, 0.15) is 36.3 Å². The third-order valence-corrected chi connectivity index (χ3v) is 6.01. The molecular weight excluding hydrogens is 336 g/mol. The van der Waals surface area contributed by atoms with Gasteiger partial charge in [-0.05, 0) is 63.0 Å². The third kappa shape index (κ3) is 3.83. The summed E-state index contributed by atoms with van der Waals surface area (Å²) in [5, 5.41) is 3.00. The Morgan fingerprint density at radius 1 is 1.11 bits per heavy atom. The highest BCUT2D eigenvalue weighted by molar-refractivity contribution is 5.96. The van der Waals surface area contributed by atoms with E-state index in [4.69, 9.17) is 0 Å². The lowest BCUT2D eigenvalue weighted by molar-refractivity contribution is -0.117. The topological polar surface area (TPSA) is 48.5 Å². The lowest BCUT2D eigenvalue weighted by Crippen LogP contribution is -2.42. The molecule has 2 heterocycles. The van der Waals surface area contributed by atoms with Gasteiger partial charge in [0.1, 0.15) is 5.82 Å². The molecule has 2 aromatic rings. The van der Waals surface area contributed by atoms with E-state index in [1.165, 1.54) is 18.4 Å². The Morgan fingerprint density at radius 3 is 2.59 bits per heavy atom. The minimum atomic E-state index is -0.0623. The second kappa shape index (κ2) is 7.69. The number of nitrogens with one attached hydrogen (secondary N) is 1. The summed E-state index contributed by atoms with van der Waals surface area (Å²) in [5.74, 6) is 0.621. The van der Waals surface area contributed by atoms with Crippen LogP contribution in [0.4, 0.5) is 11.5 Å². The molecule has 4 rings (SSSR count). The monoisotopic (exact) mass is 364 g/mol. The van der Waals surface area contributed by atoms with Crippen molar-refractivity contribution in [3.8, 4) is 0 Å². The maximum Gasteiger partial charge on any atom is 0.233 e. The highest BCUT2D eigenvalue weighted by atomic mass is 16.1. The zero-order valence-corrected chi connectivity index (χ0v) is 16.2. The number of hydrogen-bond donors (Lipinski definition) is 1. The molecule has 0 bridgehead atoms. The van der Waals surface area contributed by atoms with Crippen LogP contribution in [0.15, 0.2) is 42.6 Å². The van der Waals surface area contributed by atoms with Crippen molar-refractivity contribution in [2.24, 2.45) is 0 Å². The van der Waals surface area contributed by atoms with Gasteiger partial charge in [-0.2, -0.15) is 0 Å². The molecule has 1 aliphatic heterocycles. The van der Waals surface area contributed by atoms with E-state index in [2.05, 4.69) is 52.4 Å². The number of benzene rings is 1. The summed E-state index contributed by atoms with van der Waals surface area (Å²) < 4.78 is 0. The number of carbonyl (C=O) groups is 1. The fourth-order valence-electron chi connectivity index (χ4n) is 4.33. The Morgan fingerprint density at radius 2 is 1.89 bits per heavy atom. The SMILES string of the molecule is CN(C)C1CCN(c2ccc(NC(=O)C3CCc4ccccc43)nc2)CC1. The van der Waals surface area contributed by atoms with Crippen LogP contribution in [0.25, 0.3) is 0 Å². The molecule has 1 aliphatic carbocycles. The number of hydrogen-bond acceptors (Lipinski definition) is 4. The predicted octanol–water partition coefficient (Wildman–Crippen LogP) is 3.28. The third-order valence-electron chi connectivity index (χ3n) is 6.01. The normalized spacial score (nSPS) is 20.0. The summed E-state index contributed by atoms with van der Waals surface area (Å²) in [6.07, 6.45) is 6.08. The van der Waals surface area contributed by atoms with Gasteiger partial charge in [0, 0.05) is 19.1 Å². The molecule has 0 spiro atoms. The number of piperidine rings is 1. The quantitative estimate of drug-likeness (QED) is 0.904. The highest BCUT2D eigenvalue weighted by Gasteiger charge is 2.28. The number of aromatic nitrogens is 1. The zero-order chi connectivity index (χ0) is 18.8. The number of rotatable bonds is 4. The minimum absolute atomic E-state index is 0.0481. The van der Waals surface area contributed by atoms with Crippen molar-refractivity contribution in [3.05, 3.63) is 53.7 Å². The van der Waals surface area contributed by atoms with Gasteiger partial charge >= 0.3 is 0 Å². The molecule has 1 unspecified atom stereocenters. The van der Waals surface area contributed by atoms with E-state index >= 15 is 0 Å². The second-order valence-corrected chi connectivity index (χ2v) is 7.86. The van der Waals surface area contributed by atoms with E-state index in [0.717, 1.165) is 37.2 Å². The Hall–Kier alpha value is -2.40. The maximum absolute atomic E-state index is 12.7. The van der Waals surface area contributed by atoms with Gasteiger partial charge < -0.3 is 15.1 Å². The van der Waals surface area contributed by atoms with Crippen LogP contribution >= 0.6 is 0 Å². The molecule has 27 heavy (non-hydrogen) atoms. The number of nitrogens with zero attached hydrogens (tertiary/aromatic N) is 3. The van der Waals surface area contributed by atoms with Gasteiger partial charge in [-0.25, -0.2) is 4.98 Å². The van der Waals surface area contributed by atoms with Crippen LogP contribution < -0.4 is 10.2 Å². The number of anilines is 2. The van der Waals surface area contributed by atoms with Crippen LogP contribution in [0, 0.1) is 0 Å². The molecule has 1 atom stereocenters. The Kier molecular flexibility index (Phi) is 5.12. The number of amides is 1. The van der Waals surface area contributed by atoms with Crippen molar-refractivity contribution >= 4 is 17.4 Å². The first-order chi connectivity index (χ1) is 13.1. The molecule has 5 heteroatoms. The summed E-state index contributed by atoms with van der Waals surface area (Å²) in [5.41, 5.74) is 3.59. The fraction of sp³-hybridized carbons (Fsp3) is 0.455. The van der Waals surface area contributed by atoms with Gasteiger partial charge in [0.15, 0.2) is 0 Å². The number of carbonyl (C=O) groups excluding carboxylic acids is 1. The van der Waals surface area contributed by atoms with Crippen molar-refractivity contribution in [2.75, 3.05) is 37.4 Å². The van der Waals surface area contributed by atoms with Gasteiger partial charge in [0.2, 0.25) is 5.91 Å². The molecule has 1 amide bonds. The largest absolute Gasteiger partial charge is 0.370 e. The Labute approximate surface area is 161 Å². The van der Waals surface area contributed by atoms with Crippen LogP contribution in [-0.4, -0.2) is 49.0 Å². The Balaban J connectivity index is 1.37. The van der Waals surface area contributed by atoms with Gasteiger partial charge in [0.25, 0.3) is 0 Å².